The quantitative estimate of drug-likeness (QED) is 0.446. The molecule has 0 spiro atoms. The molecule has 0 saturated heterocycles. The fourth-order valence-electron chi connectivity index (χ4n) is 1.35. The SMILES string of the molecule is COc1ccc(N)c(CCCCS)c1. The second-order valence-corrected chi connectivity index (χ2v) is 3.69. The van der Waals surface area contributed by atoms with Crippen LogP contribution in [0.25, 0.3) is 0 Å². The molecule has 1 aromatic carbocycles. The Hall–Kier alpha value is -0.830. The highest BCUT2D eigenvalue weighted by Gasteiger charge is 2.00. The highest BCUT2D eigenvalue weighted by molar-refractivity contribution is 7.80. The van der Waals surface area contributed by atoms with E-state index < -0.39 is 0 Å². The van der Waals surface area contributed by atoms with E-state index >= 15 is 0 Å². The van der Waals surface area contributed by atoms with Crippen LogP contribution in [0.4, 0.5) is 5.69 Å². The van der Waals surface area contributed by atoms with Crippen LogP contribution in [-0.4, -0.2) is 12.9 Å². The second-order valence-electron chi connectivity index (χ2n) is 3.25. The van der Waals surface area contributed by atoms with E-state index in [0.717, 1.165) is 36.5 Å². The zero-order valence-electron chi connectivity index (χ0n) is 8.49. The predicted molar refractivity (Wildman–Crippen MR) is 64.2 cm³/mol. The minimum absolute atomic E-state index is 0.852. The van der Waals surface area contributed by atoms with Gasteiger partial charge < -0.3 is 10.5 Å². The number of hydrogen-bond acceptors (Lipinski definition) is 3. The second kappa shape index (κ2) is 5.81. The smallest absolute Gasteiger partial charge is 0.119 e. The summed E-state index contributed by atoms with van der Waals surface area (Å²) in [4.78, 5) is 0. The summed E-state index contributed by atoms with van der Waals surface area (Å²) in [5.74, 6) is 1.81. The lowest BCUT2D eigenvalue weighted by atomic mass is 10.1. The van der Waals surface area contributed by atoms with Crippen molar-refractivity contribution < 1.29 is 4.74 Å². The Morgan fingerprint density at radius 2 is 2.14 bits per heavy atom. The molecule has 78 valence electrons. The van der Waals surface area contributed by atoms with Crippen molar-refractivity contribution in [3.8, 4) is 5.75 Å². The molecule has 0 bridgehead atoms. The van der Waals surface area contributed by atoms with Crippen LogP contribution in [-0.2, 0) is 6.42 Å². The number of benzene rings is 1. The third-order valence-corrected chi connectivity index (χ3v) is 2.52. The number of anilines is 1. The summed E-state index contributed by atoms with van der Waals surface area (Å²) in [5.41, 5.74) is 7.88. The van der Waals surface area contributed by atoms with Gasteiger partial charge in [-0.15, -0.1) is 0 Å². The van der Waals surface area contributed by atoms with Gasteiger partial charge >= 0.3 is 0 Å². The first-order chi connectivity index (χ1) is 6.77. The number of methoxy groups -OCH3 is 1. The summed E-state index contributed by atoms with van der Waals surface area (Å²) in [5, 5.41) is 0. The fraction of sp³-hybridized carbons (Fsp3) is 0.455. The normalized spacial score (nSPS) is 10.1. The van der Waals surface area contributed by atoms with Crippen LogP contribution in [0.15, 0.2) is 18.2 Å². The van der Waals surface area contributed by atoms with E-state index in [1.165, 1.54) is 5.56 Å². The lowest BCUT2D eigenvalue weighted by Gasteiger charge is -2.07. The van der Waals surface area contributed by atoms with Gasteiger partial charge in [0.2, 0.25) is 0 Å². The molecule has 0 fully saturated rings. The Balaban J connectivity index is 2.64. The maximum Gasteiger partial charge on any atom is 0.119 e. The van der Waals surface area contributed by atoms with Crippen molar-refractivity contribution in [3.05, 3.63) is 23.8 Å². The molecule has 0 heterocycles. The van der Waals surface area contributed by atoms with Gasteiger partial charge in [0, 0.05) is 5.69 Å². The van der Waals surface area contributed by atoms with Gasteiger partial charge in [-0.3, -0.25) is 0 Å². The van der Waals surface area contributed by atoms with Gasteiger partial charge in [0.05, 0.1) is 7.11 Å². The molecule has 0 amide bonds. The molecule has 2 nitrogen and oxygen atoms in total. The Bertz CT molecular complexity index is 289. The van der Waals surface area contributed by atoms with E-state index in [4.69, 9.17) is 10.5 Å². The van der Waals surface area contributed by atoms with Crippen molar-refractivity contribution in [2.24, 2.45) is 0 Å². The minimum atomic E-state index is 0.852. The predicted octanol–water partition coefficient (Wildman–Crippen LogP) is 2.53. The van der Waals surface area contributed by atoms with Crippen molar-refractivity contribution in [1.82, 2.24) is 0 Å². The molecule has 0 aliphatic rings. The number of rotatable bonds is 5. The van der Waals surface area contributed by atoms with Crippen LogP contribution < -0.4 is 10.5 Å². The molecule has 0 radical (unpaired) electrons. The Kier molecular flexibility index (Phi) is 4.66. The van der Waals surface area contributed by atoms with Crippen LogP contribution >= 0.6 is 12.6 Å². The first-order valence-corrected chi connectivity index (χ1v) is 5.44. The van der Waals surface area contributed by atoms with E-state index in [-0.39, 0.29) is 0 Å². The topological polar surface area (TPSA) is 35.2 Å². The summed E-state index contributed by atoms with van der Waals surface area (Å²) in [6.45, 7) is 0. The number of hydrogen-bond donors (Lipinski definition) is 2. The Morgan fingerprint density at radius 1 is 1.36 bits per heavy atom. The highest BCUT2D eigenvalue weighted by Crippen LogP contribution is 2.21. The molecule has 0 atom stereocenters. The maximum absolute atomic E-state index is 5.85. The van der Waals surface area contributed by atoms with Gasteiger partial charge in [-0.25, -0.2) is 0 Å². The van der Waals surface area contributed by atoms with Crippen molar-refractivity contribution >= 4 is 18.3 Å². The first kappa shape index (κ1) is 11.2. The van der Waals surface area contributed by atoms with Gasteiger partial charge in [-0.2, -0.15) is 12.6 Å². The van der Waals surface area contributed by atoms with Crippen LogP contribution in [0, 0.1) is 0 Å². The third kappa shape index (κ3) is 3.14. The maximum atomic E-state index is 5.85. The molecular formula is C11H17NOS. The molecule has 0 aromatic heterocycles. The van der Waals surface area contributed by atoms with Gasteiger partial charge in [0.25, 0.3) is 0 Å². The molecule has 3 heteroatoms. The minimum Gasteiger partial charge on any atom is -0.497 e. The number of ether oxygens (including phenoxy) is 1. The van der Waals surface area contributed by atoms with Gasteiger partial charge in [0.15, 0.2) is 0 Å². The standard InChI is InChI=1S/C11H17NOS/c1-13-10-5-6-11(12)9(8-10)4-2-3-7-14/h5-6,8,14H,2-4,7,12H2,1H3. The van der Waals surface area contributed by atoms with Crippen molar-refractivity contribution in [3.63, 3.8) is 0 Å². The van der Waals surface area contributed by atoms with E-state index in [1.54, 1.807) is 7.11 Å². The summed E-state index contributed by atoms with van der Waals surface area (Å²) < 4.78 is 5.15. The number of nitrogen functional groups attached to an aromatic ring is 1. The van der Waals surface area contributed by atoms with Gasteiger partial charge in [-0.05, 0) is 48.8 Å². The first-order valence-electron chi connectivity index (χ1n) is 4.81. The van der Waals surface area contributed by atoms with Crippen molar-refractivity contribution in [1.29, 1.82) is 0 Å². The van der Waals surface area contributed by atoms with Gasteiger partial charge in [-0.1, -0.05) is 0 Å². The lowest BCUT2D eigenvalue weighted by Crippen LogP contribution is -1.96. The Labute approximate surface area is 90.9 Å². The summed E-state index contributed by atoms with van der Waals surface area (Å²) in [6, 6.07) is 5.79. The Morgan fingerprint density at radius 3 is 2.79 bits per heavy atom. The summed E-state index contributed by atoms with van der Waals surface area (Å²) in [6.07, 6.45) is 3.25. The average Bonchev–Trinajstić information content (AvgIpc) is 2.21. The number of aryl methyl sites for hydroxylation is 1. The molecule has 0 aliphatic heterocycles. The molecule has 0 aliphatic carbocycles. The van der Waals surface area contributed by atoms with Crippen LogP contribution in [0.1, 0.15) is 18.4 Å². The third-order valence-electron chi connectivity index (χ3n) is 2.20. The van der Waals surface area contributed by atoms with E-state index in [0.29, 0.717) is 0 Å². The monoisotopic (exact) mass is 211 g/mol. The average molecular weight is 211 g/mol. The van der Waals surface area contributed by atoms with Crippen molar-refractivity contribution in [2.45, 2.75) is 19.3 Å². The molecule has 2 N–H and O–H groups in total. The summed E-state index contributed by atoms with van der Waals surface area (Å²) in [7, 11) is 1.67. The molecule has 14 heavy (non-hydrogen) atoms. The number of thiol groups is 1. The highest BCUT2D eigenvalue weighted by atomic mass is 32.1. The molecule has 0 unspecified atom stereocenters. The largest absolute Gasteiger partial charge is 0.497 e. The lowest BCUT2D eigenvalue weighted by molar-refractivity contribution is 0.414. The van der Waals surface area contributed by atoms with E-state index in [9.17, 15) is 0 Å². The van der Waals surface area contributed by atoms with E-state index in [2.05, 4.69) is 12.6 Å². The van der Waals surface area contributed by atoms with E-state index in [1.807, 2.05) is 18.2 Å². The molecular weight excluding hydrogens is 194 g/mol. The van der Waals surface area contributed by atoms with Gasteiger partial charge in [0.1, 0.15) is 5.75 Å². The number of nitrogens with two attached hydrogens (primary N) is 1. The number of unbranched alkanes of at least 4 members (excludes halogenated alkanes) is 1. The zero-order chi connectivity index (χ0) is 10.4. The molecule has 0 saturated carbocycles. The molecule has 1 aromatic rings. The molecule has 1 rings (SSSR count). The van der Waals surface area contributed by atoms with Crippen molar-refractivity contribution in [2.75, 3.05) is 18.6 Å². The zero-order valence-corrected chi connectivity index (χ0v) is 9.39. The van der Waals surface area contributed by atoms with Crippen LogP contribution in [0.5, 0.6) is 5.75 Å². The van der Waals surface area contributed by atoms with Crippen LogP contribution in [0.3, 0.4) is 0 Å². The fourth-order valence-corrected chi connectivity index (χ4v) is 1.58. The summed E-state index contributed by atoms with van der Waals surface area (Å²) >= 11 is 4.18. The van der Waals surface area contributed by atoms with Crippen LogP contribution in [0.2, 0.25) is 0 Å².